The van der Waals surface area contributed by atoms with Crippen LogP contribution in [-0.2, 0) is 4.79 Å². The molecule has 0 unspecified atom stereocenters. The maximum atomic E-state index is 11.7. The van der Waals surface area contributed by atoms with E-state index in [1.807, 2.05) is 0 Å². The highest BCUT2D eigenvalue weighted by atomic mass is 79.9. The lowest BCUT2D eigenvalue weighted by atomic mass is 9.94. The molecule has 3 N–H and O–H groups in total. The number of carbonyl (C=O) groups is 2. The van der Waals surface area contributed by atoms with Crippen molar-refractivity contribution in [3.05, 3.63) is 22.7 Å². The Morgan fingerprint density at radius 3 is 2.55 bits per heavy atom. The van der Waals surface area contributed by atoms with Crippen LogP contribution >= 0.6 is 15.9 Å². The van der Waals surface area contributed by atoms with Gasteiger partial charge >= 0.3 is 12.0 Å². The Kier molecular flexibility index (Phi) is 5.38. The first kappa shape index (κ1) is 16.3. The number of ether oxygens (including phenoxy) is 1. The number of hydrogen-bond donors (Lipinski definition) is 3. The van der Waals surface area contributed by atoms with E-state index in [0.717, 1.165) is 4.47 Å². The number of methoxy groups -OCH3 is 1. The number of halogens is 1. The van der Waals surface area contributed by atoms with E-state index in [0.29, 0.717) is 11.4 Å². The van der Waals surface area contributed by atoms with E-state index < -0.39 is 17.4 Å². The van der Waals surface area contributed by atoms with E-state index in [4.69, 9.17) is 9.84 Å². The van der Waals surface area contributed by atoms with Crippen molar-refractivity contribution < 1.29 is 19.4 Å². The molecule has 0 saturated carbocycles. The van der Waals surface area contributed by atoms with Gasteiger partial charge in [-0.1, -0.05) is 15.9 Å². The number of nitrogens with one attached hydrogen (secondary N) is 2. The lowest BCUT2D eigenvalue weighted by molar-refractivity contribution is -0.146. The fraction of sp³-hybridized carbons (Fsp3) is 0.385. The van der Waals surface area contributed by atoms with Gasteiger partial charge < -0.3 is 20.5 Å². The van der Waals surface area contributed by atoms with Crippen LogP contribution in [-0.4, -0.2) is 30.8 Å². The van der Waals surface area contributed by atoms with Gasteiger partial charge in [-0.15, -0.1) is 0 Å². The maximum absolute atomic E-state index is 11.7. The van der Waals surface area contributed by atoms with Crippen LogP contribution in [0.4, 0.5) is 10.5 Å². The van der Waals surface area contributed by atoms with Crippen molar-refractivity contribution in [1.82, 2.24) is 5.32 Å². The smallest absolute Gasteiger partial charge is 0.319 e. The van der Waals surface area contributed by atoms with Crippen LogP contribution in [0.25, 0.3) is 0 Å². The summed E-state index contributed by atoms with van der Waals surface area (Å²) in [5.41, 5.74) is -0.478. The zero-order valence-corrected chi connectivity index (χ0v) is 13.1. The molecule has 0 aliphatic heterocycles. The molecule has 0 saturated heterocycles. The first-order chi connectivity index (χ1) is 9.24. The second kappa shape index (κ2) is 6.60. The van der Waals surface area contributed by atoms with Crippen LogP contribution in [0.3, 0.4) is 0 Å². The summed E-state index contributed by atoms with van der Waals surface area (Å²) in [4.78, 5) is 22.6. The fourth-order valence-electron chi connectivity index (χ4n) is 1.30. The molecule has 0 aliphatic rings. The fourth-order valence-corrected chi connectivity index (χ4v) is 1.78. The van der Waals surface area contributed by atoms with Gasteiger partial charge in [0, 0.05) is 22.8 Å². The van der Waals surface area contributed by atoms with Gasteiger partial charge in [-0.25, -0.2) is 4.79 Å². The predicted octanol–water partition coefficient (Wildman–Crippen LogP) is 2.69. The van der Waals surface area contributed by atoms with E-state index in [1.165, 1.54) is 21.0 Å². The highest BCUT2D eigenvalue weighted by molar-refractivity contribution is 9.10. The summed E-state index contributed by atoms with van der Waals surface area (Å²) in [6.07, 6.45) is 0. The molecule has 0 heterocycles. The van der Waals surface area contributed by atoms with Crippen molar-refractivity contribution in [3.63, 3.8) is 0 Å². The predicted molar refractivity (Wildman–Crippen MR) is 79.1 cm³/mol. The lowest BCUT2D eigenvalue weighted by Crippen LogP contribution is -2.40. The summed E-state index contributed by atoms with van der Waals surface area (Å²) in [5, 5.41) is 14.1. The molecule has 2 amide bonds. The standard InChI is InChI=1S/C13H17BrN2O4/c1-13(2,11(17)18)7-15-12(19)16-9-4-8(14)5-10(6-9)20-3/h4-6H,7H2,1-3H3,(H,17,18)(H2,15,16,19). The second-order valence-electron chi connectivity index (χ2n) is 4.88. The highest BCUT2D eigenvalue weighted by Gasteiger charge is 2.27. The number of carbonyl (C=O) groups excluding carboxylic acids is 1. The molecule has 1 aromatic rings. The molecule has 110 valence electrons. The number of amides is 2. The topological polar surface area (TPSA) is 87.7 Å². The van der Waals surface area contributed by atoms with Crippen molar-refractivity contribution >= 4 is 33.6 Å². The summed E-state index contributed by atoms with van der Waals surface area (Å²) >= 11 is 3.30. The SMILES string of the molecule is COc1cc(Br)cc(NC(=O)NCC(C)(C)C(=O)O)c1. The molecule has 0 radical (unpaired) electrons. The Hall–Kier alpha value is -1.76. The molecule has 0 spiro atoms. The summed E-state index contributed by atoms with van der Waals surface area (Å²) < 4.78 is 5.85. The van der Waals surface area contributed by atoms with Crippen molar-refractivity contribution in [1.29, 1.82) is 0 Å². The zero-order chi connectivity index (χ0) is 15.3. The first-order valence-electron chi connectivity index (χ1n) is 5.87. The monoisotopic (exact) mass is 344 g/mol. The summed E-state index contributed by atoms with van der Waals surface area (Å²) in [7, 11) is 1.53. The van der Waals surface area contributed by atoms with E-state index in [2.05, 4.69) is 26.6 Å². The minimum Gasteiger partial charge on any atom is -0.497 e. The van der Waals surface area contributed by atoms with E-state index in [1.54, 1.807) is 18.2 Å². The maximum Gasteiger partial charge on any atom is 0.319 e. The Labute approximate surface area is 125 Å². The normalized spacial score (nSPS) is 10.8. The average Bonchev–Trinajstić information content (AvgIpc) is 2.35. The van der Waals surface area contributed by atoms with Gasteiger partial charge in [0.15, 0.2) is 0 Å². The van der Waals surface area contributed by atoms with Crippen LogP contribution in [0.2, 0.25) is 0 Å². The van der Waals surface area contributed by atoms with Gasteiger partial charge in [-0.3, -0.25) is 4.79 Å². The van der Waals surface area contributed by atoms with Crippen LogP contribution in [0.1, 0.15) is 13.8 Å². The molecular weight excluding hydrogens is 328 g/mol. The molecule has 6 nitrogen and oxygen atoms in total. The molecule has 0 atom stereocenters. The number of carboxylic acid groups (broad SMARTS) is 1. The number of anilines is 1. The summed E-state index contributed by atoms with van der Waals surface area (Å²) in [6, 6.07) is 4.66. The molecule has 0 aromatic heterocycles. The number of benzene rings is 1. The molecule has 7 heteroatoms. The zero-order valence-electron chi connectivity index (χ0n) is 11.5. The van der Waals surface area contributed by atoms with Crippen LogP contribution in [0, 0.1) is 5.41 Å². The average molecular weight is 345 g/mol. The van der Waals surface area contributed by atoms with Gasteiger partial charge in [0.05, 0.1) is 12.5 Å². The molecular formula is C13H17BrN2O4. The van der Waals surface area contributed by atoms with Gasteiger partial charge in [0.1, 0.15) is 5.75 Å². The minimum absolute atomic E-state index is 0.0271. The molecule has 0 fully saturated rings. The minimum atomic E-state index is -1.02. The number of rotatable bonds is 5. The van der Waals surface area contributed by atoms with Crippen molar-refractivity contribution in [2.24, 2.45) is 5.41 Å². The Morgan fingerprint density at radius 1 is 1.35 bits per heavy atom. The third-order valence-electron chi connectivity index (χ3n) is 2.63. The molecule has 1 aromatic carbocycles. The Bertz CT molecular complexity index is 517. The van der Waals surface area contributed by atoms with E-state index in [-0.39, 0.29) is 6.54 Å². The van der Waals surface area contributed by atoms with Crippen molar-refractivity contribution in [2.75, 3.05) is 19.0 Å². The van der Waals surface area contributed by atoms with Crippen molar-refractivity contribution in [3.8, 4) is 5.75 Å². The highest BCUT2D eigenvalue weighted by Crippen LogP contribution is 2.24. The van der Waals surface area contributed by atoms with Gasteiger partial charge in [0.25, 0.3) is 0 Å². The van der Waals surface area contributed by atoms with E-state index in [9.17, 15) is 9.59 Å². The number of hydrogen-bond acceptors (Lipinski definition) is 3. The third kappa shape index (κ3) is 4.73. The number of carboxylic acids is 1. The van der Waals surface area contributed by atoms with Crippen molar-refractivity contribution in [2.45, 2.75) is 13.8 Å². The van der Waals surface area contributed by atoms with Crippen LogP contribution < -0.4 is 15.4 Å². The summed E-state index contributed by atoms with van der Waals surface area (Å²) in [5.74, 6) is -0.373. The van der Waals surface area contributed by atoms with Crippen LogP contribution in [0.15, 0.2) is 22.7 Å². The Morgan fingerprint density at radius 2 is 2.00 bits per heavy atom. The lowest BCUT2D eigenvalue weighted by Gasteiger charge is -2.19. The third-order valence-corrected chi connectivity index (χ3v) is 3.09. The van der Waals surface area contributed by atoms with Crippen LogP contribution in [0.5, 0.6) is 5.75 Å². The van der Waals surface area contributed by atoms with Gasteiger partial charge in [0.2, 0.25) is 0 Å². The molecule has 0 aliphatic carbocycles. The van der Waals surface area contributed by atoms with Gasteiger partial charge in [-0.2, -0.15) is 0 Å². The second-order valence-corrected chi connectivity index (χ2v) is 5.79. The number of aliphatic carboxylic acids is 1. The summed E-state index contributed by atoms with van der Waals surface area (Å²) in [6.45, 7) is 3.11. The first-order valence-corrected chi connectivity index (χ1v) is 6.67. The Balaban J connectivity index is 2.63. The molecule has 1 rings (SSSR count). The van der Waals surface area contributed by atoms with E-state index >= 15 is 0 Å². The number of urea groups is 1. The largest absolute Gasteiger partial charge is 0.497 e. The molecule has 20 heavy (non-hydrogen) atoms. The van der Waals surface area contributed by atoms with Gasteiger partial charge in [-0.05, 0) is 26.0 Å². The quantitative estimate of drug-likeness (QED) is 0.766. The molecule has 0 bridgehead atoms.